The first kappa shape index (κ1) is 20.5. The minimum Gasteiger partial charge on any atom is -0.348 e. The van der Waals surface area contributed by atoms with Gasteiger partial charge in [-0.15, -0.1) is 0 Å². The Morgan fingerprint density at radius 3 is 2.50 bits per heavy atom. The lowest BCUT2D eigenvalue weighted by Crippen LogP contribution is -2.24. The van der Waals surface area contributed by atoms with E-state index in [1.807, 2.05) is 20.0 Å². The number of hydrogen-bond donors (Lipinski definition) is 1. The Balaban J connectivity index is 1.57. The highest BCUT2D eigenvalue weighted by Crippen LogP contribution is 2.40. The quantitative estimate of drug-likeness (QED) is 0.651. The molecule has 0 aliphatic heterocycles. The second-order valence-electron chi connectivity index (χ2n) is 7.89. The lowest BCUT2D eigenvalue weighted by atomic mass is 10.1. The van der Waals surface area contributed by atoms with Crippen LogP contribution in [0.3, 0.4) is 0 Å². The second kappa shape index (κ2) is 7.48. The molecule has 0 spiro atoms. The Morgan fingerprint density at radius 2 is 1.90 bits per heavy atom. The number of nitrogens with zero attached hydrogens (tertiary/aromatic N) is 4. The lowest BCUT2D eigenvalue weighted by Gasteiger charge is -2.12. The maximum absolute atomic E-state index is 13.0. The molecule has 30 heavy (non-hydrogen) atoms. The van der Waals surface area contributed by atoms with Gasteiger partial charge in [0, 0.05) is 39.3 Å². The number of carbonyl (C=O) groups excluding carboxylic acids is 1. The number of aromatic nitrogens is 3. The summed E-state index contributed by atoms with van der Waals surface area (Å²) in [6, 6.07) is 8.42. The summed E-state index contributed by atoms with van der Waals surface area (Å²) in [5, 5.41) is 8.15. The van der Waals surface area contributed by atoms with E-state index in [1.54, 1.807) is 28.9 Å². The molecule has 1 amide bonds. The highest BCUT2D eigenvalue weighted by atomic mass is 32.2. The number of nitrogens with one attached hydrogen (secondary N) is 1. The number of benzene rings is 1. The summed E-state index contributed by atoms with van der Waals surface area (Å²) in [7, 11) is 1.36. The molecule has 1 aromatic carbocycles. The Hall–Kier alpha value is -2.78. The molecule has 0 radical (unpaired) electrons. The fourth-order valence-corrected chi connectivity index (χ4v) is 4.40. The van der Waals surface area contributed by atoms with Crippen LogP contribution in [0.15, 0.2) is 35.2 Å². The third kappa shape index (κ3) is 3.70. The topological polar surface area (TPSA) is 97.2 Å². The molecule has 1 N–H and O–H groups in total. The Morgan fingerprint density at radius 1 is 1.23 bits per heavy atom. The van der Waals surface area contributed by atoms with E-state index in [9.17, 15) is 13.2 Å². The number of carbonyl (C=O) groups is 1. The van der Waals surface area contributed by atoms with E-state index in [0.29, 0.717) is 18.0 Å². The van der Waals surface area contributed by atoms with Gasteiger partial charge >= 0.3 is 0 Å². The number of fused-ring (bicyclic) bond motifs is 1. The van der Waals surface area contributed by atoms with Gasteiger partial charge in [0.25, 0.3) is 5.91 Å². The average Bonchev–Trinajstić information content (AvgIpc) is 3.52. The zero-order valence-electron chi connectivity index (χ0n) is 17.5. The van der Waals surface area contributed by atoms with Gasteiger partial charge in [-0.2, -0.15) is 5.10 Å². The normalized spacial score (nSPS) is 14.4. The average molecular weight is 428 g/mol. The van der Waals surface area contributed by atoms with Gasteiger partial charge < -0.3 is 5.32 Å². The number of hydrogen-bond acceptors (Lipinski definition) is 5. The summed E-state index contributed by atoms with van der Waals surface area (Å²) in [6.07, 6.45) is 2.19. The van der Waals surface area contributed by atoms with E-state index in [4.69, 9.17) is 4.98 Å². The van der Waals surface area contributed by atoms with Crippen molar-refractivity contribution in [1.82, 2.24) is 24.4 Å². The highest BCUT2D eigenvalue weighted by molar-refractivity contribution is 7.89. The molecule has 1 aliphatic carbocycles. The van der Waals surface area contributed by atoms with Crippen LogP contribution in [0, 0.1) is 6.92 Å². The minimum absolute atomic E-state index is 0.189. The monoisotopic (exact) mass is 427 g/mol. The molecule has 9 heteroatoms. The number of aryl methyl sites for hydroxylation is 2. The fourth-order valence-electron chi connectivity index (χ4n) is 3.50. The van der Waals surface area contributed by atoms with Crippen molar-refractivity contribution in [2.24, 2.45) is 7.05 Å². The molecule has 1 saturated carbocycles. The van der Waals surface area contributed by atoms with Crippen LogP contribution in [0.1, 0.15) is 46.1 Å². The summed E-state index contributed by atoms with van der Waals surface area (Å²) in [5.74, 6) is 0.229. The molecule has 1 fully saturated rings. The summed E-state index contributed by atoms with van der Waals surface area (Å²) in [4.78, 5) is 18.0. The third-order valence-corrected chi connectivity index (χ3v) is 7.21. The molecule has 8 nitrogen and oxygen atoms in total. The lowest BCUT2D eigenvalue weighted by molar-refractivity contribution is 0.0952. The van der Waals surface area contributed by atoms with Crippen LogP contribution in [-0.2, 0) is 23.6 Å². The van der Waals surface area contributed by atoms with E-state index in [-0.39, 0.29) is 10.8 Å². The van der Waals surface area contributed by atoms with E-state index in [0.717, 1.165) is 40.8 Å². The molecule has 0 unspecified atom stereocenters. The zero-order chi connectivity index (χ0) is 21.6. The number of rotatable bonds is 6. The first-order valence-electron chi connectivity index (χ1n) is 9.82. The number of amides is 1. The number of sulfonamides is 1. The Bertz CT molecular complexity index is 1230. The molecule has 0 atom stereocenters. The molecule has 2 aromatic heterocycles. The van der Waals surface area contributed by atoms with E-state index < -0.39 is 10.0 Å². The molecule has 0 bridgehead atoms. The van der Waals surface area contributed by atoms with Crippen molar-refractivity contribution in [1.29, 1.82) is 0 Å². The van der Waals surface area contributed by atoms with E-state index in [1.165, 1.54) is 18.4 Å². The predicted molar refractivity (Wildman–Crippen MR) is 114 cm³/mol. The predicted octanol–water partition coefficient (Wildman–Crippen LogP) is 2.33. The van der Waals surface area contributed by atoms with Gasteiger partial charge in [-0.1, -0.05) is 12.1 Å². The molecule has 4 rings (SSSR count). The summed E-state index contributed by atoms with van der Waals surface area (Å²) >= 11 is 0. The van der Waals surface area contributed by atoms with Gasteiger partial charge in [0.15, 0.2) is 5.65 Å². The van der Waals surface area contributed by atoms with Crippen molar-refractivity contribution >= 4 is 27.0 Å². The van der Waals surface area contributed by atoms with Crippen molar-refractivity contribution in [3.05, 3.63) is 52.8 Å². The van der Waals surface area contributed by atoms with Crippen LogP contribution in [0.25, 0.3) is 11.0 Å². The highest BCUT2D eigenvalue weighted by Gasteiger charge is 2.28. The van der Waals surface area contributed by atoms with Crippen LogP contribution in [0.5, 0.6) is 0 Å². The molecular weight excluding hydrogens is 402 g/mol. The molecule has 158 valence electrons. The summed E-state index contributed by atoms with van der Waals surface area (Å²) in [5.41, 5.74) is 3.83. The van der Waals surface area contributed by atoms with Gasteiger partial charge in [0.1, 0.15) is 0 Å². The smallest absolute Gasteiger partial charge is 0.252 e. The maximum Gasteiger partial charge on any atom is 0.252 e. The molecule has 0 saturated heterocycles. The first-order chi connectivity index (χ1) is 14.2. The van der Waals surface area contributed by atoms with Crippen LogP contribution >= 0.6 is 0 Å². The maximum atomic E-state index is 13.0. The summed E-state index contributed by atoms with van der Waals surface area (Å²) in [6.45, 7) is 2.17. The van der Waals surface area contributed by atoms with Crippen molar-refractivity contribution < 1.29 is 13.2 Å². The van der Waals surface area contributed by atoms with E-state index >= 15 is 0 Å². The van der Waals surface area contributed by atoms with Crippen LogP contribution in [-0.4, -0.2) is 47.5 Å². The van der Waals surface area contributed by atoms with Gasteiger partial charge in [0.2, 0.25) is 10.0 Å². The summed E-state index contributed by atoms with van der Waals surface area (Å²) < 4.78 is 27.3. The SMILES string of the molecule is Cc1nn(C)c2nc(C3CC3)cc(C(=O)NCc3ccc(S(=O)(=O)N(C)C)cc3)c12. The fraction of sp³-hybridized carbons (Fsp3) is 0.381. The Labute approximate surface area is 176 Å². The van der Waals surface area contributed by atoms with Gasteiger partial charge in [-0.3, -0.25) is 9.48 Å². The number of pyridine rings is 1. The van der Waals surface area contributed by atoms with Gasteiger partial charge in [-0.25, -0.2) is 17.7 Å². The van der Waals surface area contributed by atoms with Crippen molar-refractivity contribution in [2.75, 3.05) is 14.1 Å². The second-order valence-corrected chi connectivity index (χ2v) is 10.0. The van der Waals surface area contributed by atoms with Crippen LogP contribution in [0.4, 0.5) is 0 Å². The van der Waals surface area contributed by atoms with Crippen LogP contribution in [0.2, 0.25) is 0 Å². The minimum atomic E-state index is -3.47. The van der Waals surface area contributed by atoms with Crippen LogP contribution < -0.4 is 5.32 Å². The Kier molecular flexibility index (Phi) is 5.11. The molecule has 3 aromatic rings. The van der Waals surface area contributed by atoms with Gasteiger partial charge in [0.05, 0.1) is 21.5 Å². The molecule has 1 aliphatic rings. The van der Waals surface area contributed by atoms with Crippen molar-refractivity contribution in [3.63, 3.8) is 0 Å². The zero-order valence-corrected chi connectivity index (χ0v) is 18.3. The largest absolute Gasteiger partial charge is 0.348 e. The van der Waals surface area contributed by atoms with Gasteiger partial charge in [-0.05, 0) is 43.5 Å². The first-order valence-corrected chi connectivity index (χ1v) is 11.3. The van der Waals surface area contributed by atoms with Crippen molar-refractivity contribution in [2.45, 2.75) is 37.1 Å². The third-order valence-electron chi connectivity index (χ3n) is 5.38. The van der Waals surface area contributed by atoms with Crippen molar-refractivity contribution in [3.8, 4) is 0 Å². The van der Waals surface area contributed by atoms with E-state index in [2.05, 4.69) is 10.4 Å². The molecule has 2 heterocycles. The standard InChI is InChI=1S/C21H25N5O3S/c1-13-19-17(11-18(15-7-8-15)23-20(19)26(4)24-13)21(27)22-12-14-5-9-16(10-6-14)30(28,29)25(2)3/h5-6,9-11,15H,7-8,12H2,1-4H3,(H,22,27). The molecular formula is C21H25N5O3S.